The normalized spacial score (nSPS) is 15.0. The first kappa shape index (κ1) is 11.4. The molecule has 0 unspecified atom stereocenters. The Balaban J connectivity index is 1.97. The smallest absolute Gasteiger partial charge is 0.154 e. The first-order valence-corrected chi connectivity index (χ1v) is 6.57. The van der Waals surface area contributed by atoms with E-state index in [4.69, 9.17) is 5.73 Å². The number of nitrogens with two attached hydrogens (primary N) is 1. The molecule has 1 aliphatic carbocycles. The van der Waals surface area contributed by atoms with Gasteiger partial charge in [0.05, 0.1) is 12.2 Å². The third kappa shape index (κ3) is 2.04. The molecule has 0 atom stereocenters. The van der Waals surface area contributed by atoms with Crippen LogP contribution in [0, 0.1) is 0 Å². The molecule has 0 aliphatic heterocycles. The van der Waals surface area contributed by atoms with E-state index in [0.29, 0.717) is 12.5 Å². The molecule has 3 rings (SSSR count). The van der Waals surface area contributed by atoms with Gasteiger partial charge in [0, 0.05) is 5.92 Å². The van der Waals surface area contributed by atoms with Gasteiger partial charge < -0.3 is 5.73 Å². The Bertz CT molecular complexity index is 537. The van der Waals surface area contributed by atoms with Crippen molar-refractivity contribution < 1.29 is 0 Å². The molecular weight excluding hydrogens is 224 g/mol. The molecule has 1 fully saturated rings. The van der Waals surface area contributed by atoms with Crippen LogP contribution in [0.25, 0.3) is 5.69 Å². The Morgan fingerprint density at radius 3 is 2.56 bits per heavy atom. The Morgan fingerprint density at radius 1 is 1.28 bits per heavy atom. The maximum absolute atomic E-state index is 5.75. The summed E-state index contributed by atoms with van der Waals surface area (Å²) in [7, 11) is 0. The van der Waals surface area contributed by atoms with Crippen LogP contribution in [0.5, 0.6) is 0 Å². The molecule has 1 aromatic carbocycles. The number of hydrogen-bond acceptors (Lipinski definition) is 3. The van der Waals surface area contributed by atoms with Crippen molar-refractivity contribution in [1.82, 2.24) is 14.8 Å². The predicted octanol–water partition coefficient (Wildman–Crippen LogP) is 2.17. The molecular formula is C14H18N4. The van der Waals surface area contributed by atoms with Crippen LogP contribution in [-0.4, -0.2) is 14.8 Å². The highest BCUT2D eigenvalue weighted by atomic mass is 15.4. The minimum absolute atomic E-state index is 0.426. The van der Waals surface area contributed by atoms with Crippen LogP contribution >= 0.6 is 0 Å². The molecule has 2 aromatic rings. The van der Waals surface area contributed by atoms with Crippen molar-refractivity contribution in [2.75, 3.05) is 0 Å². The second-order valence-electron chi connectivity index (χ2n) is 4.80. The van der Waals surface area contributed by atoms with Gasteiger partial charge in [-0.1, -0.05) is 19.1 Å². The summed E-state index contributed by atoms with van der Waals surface area (Å²) in [5, 5.41) is 4.59. The highest BCUT2D eigenvalue weighted by Crippen LogP contribution is 2.38. The summed E-state index contributed by atoms with van der Waals surface area (Å²) in [5.41, 5.74) is 8.13. The van der Waals surface area contributed by atoms with Crippen LogP contribution in [0.3, 0.4) is 0 Å². The van der Waals surface area contributed by atoms with E-state index in [2.05, 4.69) is 41.3 Å². The number of hydrogen-bond donors (Lipinski definition) is 1. The molecule has 4 nitrogen and oxygen atoms in total. The maximum atomic E-state index is 5.75. The fourth-order valence-corrected chi connectivity index (χ4v) is 2.09. The van der Waals surface area contributed by atoms with Crippen molar-refractivity contribution in [3.8, 4) is 5.69 Å². The van der Waals surface area contributed by atoms with Gasteiger partial charge in [0.1, 0.15) is 5.82 Å². The minimum atomic E-state index is 0.426. The standard InChI is InChI=1S/C14H18N4/c1-2-10-3-7-12(8-4-10)18-13(9-15)16-14(17-18)11-5-6-11/h3-4,7-8,11H,2,5-6,9,15H2,1H3. The van der Waals surface area contributed by atoms with E-state index in [1.165, 1.54) is 18.4 Å². The lowest BCUT2D eigenvalue weighted by Gasteiger charge is -2.05. The highest BCUT2D eigenvalue weighted by molar-refractivity contribution is 5.35. The Morgan fingerprint density at radius 2 is 2.00 bits per heavy atom. The van der Waals surface area contributed by atoms with Gasteiger partial charge in [-0.2, -0.15) is 5.10 Å². The zero-order valence-electron chi connectivity index (χ0n) is 10.6. The van der Waals surface area contributed by atoms with Crippen molar-refractivity contribution >= 4 is 0 Å². The zero-order chi connectivity index (χ0) is 12.5. The summed E-state index contributed by atoms with van der Waals surface area (Å²) in [6.45, 7) is 2.58. The average Bonchev–Trinajstić information content (AvgIpc) is 3.18. The van der Waals surface area contributed by atoms with Gasteiger partial charge in [0.25, 0.3) is 0 Å². The quantitative estimate of drug-likeness (QED) is 0.894. The topological polar surface area (TPSA) is 56.7 Å². The van der Waals surface area contributed by atoms with Gasteiger partial charge in [-0.3, -0.25) is 0 Å². The summed E-state index contributed by atoms with van der Waals surface area (Å²) >= 11 is 0. The number of aromatic nitrogens is 3. The Hall–Kier alpha value is -1.68. The lowest BCUT2D eigenvalue weighted by molar-refractivity contribution is 0.780. The summed E-state index contributed by atoms with van der Waals surface area (Å²) in [4.78, 5) is 4.54. The molecule has 1 heterocycles. The predicted molar refractivity (Wildman–Crippen MR) is 70.6 cm³/mol. The van der Waals surface area contributed by atoms with Crippen LogP contribution in [0.15, 0.2) is 24.3 Å². The number of aryl methyl sites for hydroxylation is 1. The van der Waals surface area contributed by atoms with E-state index in [-0.39, 0.29) is 0 Å². The molecule has 0 bridgehead atoms. The van der Waals surface area contributed by atoms with Crippen molar-refractivity contribution in [2.24, 2.45) is 5.73 Å². The van der Waals surface area contributed by atoms with E-state index >= 15 is 0 Å². The highest BCUT2D eigenvalue weighted by Gasteiger charge is 2.28. The van der Waals surface area contributed by atoms with Crippen LogP contribution in [0.4, 0.5) is 0 Å². The molecule has 1 saturated carbocycles. The molecule has 2 N–H and O–H groups in total. The largest absolute Gasteiger partial charge is 0.324 e. The fraction of sp³-hybridized carbons (Fsp3) is 0.429. The first-order chi connectivity index (χ1) is 8.81. The van der Waals surface area contributed by atoms with Gasteiger partial charge in [0.2, 0.25) is 0 Å². The van der Waals surface area contributed by atoms with Gasteiger partial charge in [-0.05, 0) is 37.0 Å². The minimum Gasteiger partial charge on any atom is -0.324 e. The van der Waals surface area contributed by atoms with Gasteiger partial charge in [-0.15, -0.1) is 0 Å². The van der Waals surface area contributed by atoms with Crippen LogP contribution < -0.4 is 5.73 Å². The third-order valence-electron chi connectivity index (χ3n) is 3.40. The summed E-state index contributed by atoms with van der Waals surface area (Å²) in [6.07, 6.45) is 3.47. The van der Waals surface area contributed by atoms with Crippen molar-refractivity contribution in [2.45, 2.75) is 38.6 Å². The lowest BCUT2D eigenvalue weighted by atomic mass is 10.1. The lowest BCUT2D eigenvalue weighted by Crippen LogP contribution is -2.07. The van der Waals surface area contributed by atoms with Gasteiger partial charge in [0.15, 0.2) is 5.82 Å². The molecule has 4 heteroatoms. The van der Waals surface area contributed by atoms with E-state index < -0.39 is 0 Å². The van der Waals surface area contributed by atoms with E-state index in [1.54, 1.807) is 0 Å². The molecule has 0 spiro atoms. The second kappa shape index (κ2) is 4.53. The molecule has 1 aromatic heterocycles. The van der Waals surface area contributed by atoms with Gasteiger partial charge >= 0.3 is 0 Å². The number of nitrogens with zero attached hydrogens (tertiary/aromatic N) is 3. The third-order valence-corrected chi connectivity index (χ3v) is 3.40. The van der Waals surface area contributed by atoms with Gasteiger partial charge in [-0.25, -0.2) is 9.67 Å². The summed E-state index contributed by atoms with van der Waals surface area (Å²) in [6, 6.07) is 8.44. The molecule has 0 saturated heterocycles. The molecule has 18 heavy (non-hydrogen) atoms. The van der Waals surface area contributed by atoms with Crippen molar-refractivity contribution in [3.63, 3.8) is 0 Å². The van der Waals surface area contributed by atoms with Crippen LogP contribution in [-0.2, 0) is 13.0 Å². The fourth-order valence-electron chi connectivity index (χ4n) is 2.09. The van der Waals surface area contributed by atoms with Crippen LogP contribution in [0.2, 0.25) is 0 Å². The monoisotopic (exact) mass is 242 g/mol. The van der Waals surface area contributed by atoms with Crippen molar-refractivity contribution in [1.29, 1.82) is 0 Å². The average molecular weight is 242 g/mol. The van der Waals surface area contributed by atoms with E-state index in [9.17, 15) is 0 Å². The maximum Gasteiger partial charge on any atom is 0.154 e. The molecule has 1 aliphatic rings. The van der Waals surface area contributed by atoms with E-state index in [1.807, 2.05) is 4.68 Å². The number of rotatable bonds is 4. The molecule has 0 amide bonds. The molecule has 0 radical (unpaired) electrons. The van der Waals surface area contributed by atoms with Crippen molar-refractivity contribution in [3.05, 3.63) is 41.5 Å². The Labute approximate surface area is 107 Å². The summed E-state index contributed by atoms with van der Waals surface area (Å²) < 4.78 is 1.88. The molecule has 94 valence electrons. The zero-order valence-corrected chi connectivity index (χ0v) is 10.6. The SMILES string of the molecule is CCc1ccc(-n2nc(C3CC3)nc2CN)cc1. The first-order valence-electron chi connectivity index (χ1n) is 6.57. The summed E-state index contributed by atoms with van der Waals surface area (Å²) in [5.74, 6) is 2.36. The second-order valence-corrected chi connectivity index (χ2v) is 4.80. The van der Waals surface area contributed by atoms with E-state index in [0.717, 1.165) is 23.8 Å². The van der Waals surface area contributed by atoms with Crippen LogP contribution in [0.1, 0.15) is 42.9 Å². The number of benzene rings is 1. The Kier molecular flexibility index (Phi) is 2.88.